The van der Waals surface area contributed by atoms with Crippen molar-refractivity contribution in [2.75, 3.05) is 0 Å². The third-order valence-corrected chi connectivity index (χ3v) is 3.77. The molecule has 0 bridgehead atoms. The summed E-state index contributed by atoms with van der Waals surface area (Å²) in [6.07, 6.45) is 7.78. The first kappa shape index (κ1) is 16.6. The van der Waals surface area contributed by atoms with Gasteiger partial charge in [0.2, 0.25) is 11.8 Å². The van der Waals surface area contributed by atoms with Crippen molar-refractivity contribution in [3.05, 3.63) is 0 Å². The Morgan fingerprint density at radius 2 is 1.95 bits per heavy atom. The molecule has 0 radical (unpaired) electrons. The zero-order valence-corrected chi connectivity index (χ0v) is 13.2. The molecular formula is C16H26N2O2. The molecule has 1 aliphatic rings. The van der Waals surface area contributed by atoms with Crippen molar-refractivity contribution >= 4 is 11.8 Å². The van der Waals surface area contributed by atoms with Gasteiger partial charge in [-0.2, -0.15) is 0 Å². The van der Waals surface area contributed by atoms with Gasteiger partial charge >= 0.3 is 0 Å². The van der Waals surface area contributed by atoms with Gasteiger partial charge in [-0.1, -0.05) is 47.0 Å². The average Bonchev–Trinajstić information content (AvgIpc) is 2.37. The molecule has 1 saturated heterocycles. The molecule has 0 saturated carbocycles. The Kier molecular flexibility index (Phi) is 5.21. The highest BCUT2D eigenvalue weighted by atomic mass is 16.2. The first-order valence-electron chi connectivity index (χ1n) is 7.36. The molecule has 0 aliphatic carbocycles. The van der Waals surface area contributed by atoms with Crippen LogP contribution in [-0.2, 0) is 9.59 Å². The topological polar surface area (TPSA) is 49.4 Å². The number of nitrogens with zero attached hydrogens (tertiary/aromatic N) is 1. The summed E-state index contributed by atoms with van der Waals surface area (Å²) in [7, 11) is 0. The Hall–Kier alpha value is -1.50. The second-order valence-corrected chi connectivity index (χ2v) is 6.45. The van der Waals surface area contributed by atoms with Crippen LogP contribution in [0.15, 0.2) is 0 Å². The standard InChI is InChI=1S/C16H26N2O2/c1-7-10-11(8-2)18-12(9-3)14(19)17-13(15(18)20)16(4,5)6/h2,11-13H,7,9-10H2,1,3-6H3,(H,17,19). The highest BCUT2D eigenvalue weighted by molar-refractivity contribution is 5.97. The number of carbonyl (C=O) groups excluding carboxylic acids is 2. The quantitative estimate of drug-likeness (QED) is 0.799. The highest BCUT2D eigenvalue weighted by Crippen LogP contribution is 2.28. The molecule has 0 aromatic heterocycles. The molecule has 4 nitrogen and oxygen atoms in total. The first-order chi connectivity index (χ1) is 9.27. The highest BCUT2D eigenvalue weighted by Gasteiger charge is 2.46. The summed E-state index contributed by atoms with van der Waals surface area (Å²) in [5.41, 5.74) is -0.324. The molecule has 20 heavy (non-hydrogen) atoms. The number of hydrogen-bond donors (Lipinski definition) is 1. The monoisotopic (exact) mass is 278 g/mol. The number of nitrogens with one attached hydrogen (secondary N) is 1. The van der Waals surface area contributed by atoms with Gasteiger partial charge in [0.05, 0.1) is 6.04 Å². The number of piperazine rings is 1. The van der Waals surface area contributed by atoms with E-state index in [-0.39, 0.29) is 23.3 Å². The zero-order valence-electron chi connectivity index (χ0n) is 13.2. The second kappa shape index (κ2) is 6.30. The summed E-state index contributed by atoms with van der Waals surface area (Å²) in [4.78, 5) is 26.7. The predicted molar refractivity (Wildman–Crippen MR) is 79.8 cm³/mol. The summed E-state index contributed by atoms with van der Waals surface area (Å²) >= 11 is 0. The molecule has 1 fully saturated rings. The van der Waals surface area contributed by atoms with Crippen LogP contribution in [0.2, 0.25) is 0 Å². The lowest BCUT2D eigenvalue weighted by atomic mass is 9.83. The van der Waals surface area contributed by atoms with Crippen LogP contribution in [0.25, 0.3) is 0 Å². The third-order valence-electron chi connectivity index (χ3n) is 3.77. The van der Waals surface area contributed by atoms with Crippen LogP contribution in [-0.4, -0.2) is 34.8 Å². The van der Waals surface area contributed by atoms with Gasteiger partial charge in [-0.3, -0.25) is 9.59 Å². The lowest BCUT2D eigenvalue weighted by Gasteiger charge is -2.45. The van der Waals surface area contributed by atoms with Gasteiger partial charge < -0.3 is 10.2 Å². The largest absolute Gasteiger partial charge is 0.342 e. The molecule has 4 heteroatoms. The molecule has 2 amide bonds. The Labute approximate surface area is 122 Å². The maximum Gasteiger partial charge on any atom is 0.247 e. The van der Waals surface area contributed by atoms with E-state index < -0.39 is 12.1 Å². The van der Waals surface area contributed by atoms with Gasteiger partial charge in [0.25, 0.3) is 0 Å². The Balaban J connectivity index is 3.16. The van der Waals surface area contributed by atoms with E-state index in [1.165, 1.54) is 0 Å². The molecule has 1 aliphatic heterocycles. The van der Waals surface area contributed by atoms with Gasteiger partial charge in [-0.05, 0) is 18.3 Å². The summed E-state index contributed by atoms with van der Waals surface area (Å²) < 4.78 is 0. The summed E-state index contributed by atoms with van der Waals surface area (Å²) in [5.74, 6) is 2.54. The molecular weight excluding hydrogens is 252 g/mol. The van der Waals surface area contributed by atoms with Crippen LogP contribution in [0.1, 0.15) is 53.9 Å². The van der Waals surface area contributed by atoms with Gasteiger partial charge in [0, 0.05) is 0 Å². The fourth-order valence-corrected chi connectivity index (χ4v) is 2.65. The fourth-order valence-electron chi connectivity index (χ4n) is 2.65. The molecule has 0 spiro atoms. The van der Waals surface area contributed by atoms with E-state index in [0.29, 0.717) is 6.42 Å². The van der Waals surface area contributed by atoms with E-state index in [4.69, 9.17) is 6.42 Å². The van der Waals surface area contributed by atoms with Crippen LogP contribution >= 0.6 is 0 Å². The smallest absolute Gasteiger partial charge is 0.247 e. The van der Waals surface area contributed by atoms with Crippen LogP contribution in [0.4, 0.5) is 0 Å². The van der Waals surface area contributed by atoms with Crippen LogP contribution in [0.5, 0.6) is 0 Å². The van der Waals surface area contributed by atoms with E-state index in [1.54, 1.807) is 4.90 Å². The lowest BCUT2D eigenvalue weighted by molar-refractivity contribution is -0.154. The molecule has 1 heterocycles. The summed E-state index contributed by atoms with van der Waals surface area (Å²) in [6.45, 7) is 9.78. The van der Waals surface area contributed by atoms with Crippen molar-refractivity contribution in [1.82, 2.24) is 10.2 Å². The zero-order chi connectivity index (χ0) is 15.5. The van der Waals surface area contributed by atoms with Crippen LogP contribution < -0.4 is 5.32 Å². The lowest BCUT2D eigenvalue weighted by Crippen LogP contribution is -2.68. The average molecular weight is 278 g/mol. The van der Waals surface area contributed by atoms with Crippen molar-refractivity contribution in [1.29, 1.82) is 0 Å². The van der Waals surface area contributed by atoms with Crippen molar-refractivity contribution in [3.8, 4) is 12.3 Å². The molecule has 1 N–H and O–H groups in total. The third kappa shape index (κ3) is 3.15. The fraction of sp³-hybridized carbons (Fsp3) is 0.750. The molecule has 1 rings (SSSR count). The Morgan fingerprint density at radius 1 is 1.35 bits per heavy atom. The van der Waals surface area contributed by atoms with E-state index in [1.807, 2.05) is 34.6 Å². The van der Waals surface area contributed by atoms with Gasteiger partial charge in [-0.25, -0.2) is 0 Å². The van der Waals surface area contributed by atoms with Crippen molar-refractivity contribution in [2.24, 2.45) is 5.41 Å². The minimum Gasteiger partial charge on any atom is -0.342 e. The van der Waals surface area contributed by atoms with Gasteiger partial charge in [0.1, 0.15) is 12.1 Å². The van der Waals surface area contributed by atoms with Gasteiger partial charge in [-0.15, -0.1) is 6.42 Å². The van der Waals surface area contributed by atoms with Crippen molar-refractivity contribution in [3.63, 3.8) is 0 Å². The van der Waals surface area contributed by atoms with Crippen LogP contribution in [0, 0.1) is 17.8 Å². The van der Waals surface area contributed by atoms with Crippen molar-refractivity contribution in [2.45, 2.75) is 72.0 Å². The van der Waals surface area contributed by atoms with Gasteiger partial charge in [0.15, 0.2) is 0 Å². The number of terminal acetylenes is 1. The van der Waals surface area contributed by atoms with E-state index >= 15 is 0 Å². The minimum absolute atomic E-state index is 0.0552. The number of amides is 2. The maximum atomic E-state index is 12.8. The molecule has 0 aromatic rings. The molecule has 0 aromatic carbocycles. The van der Waals surface area contributed by atoms with E-state index in [0.717, 1.165) is 12.8 Å². The van der Waals surface area contributed by atoms with E-state index in [2.05, 4.69) is 11.2 Å². The SMILES string of the molecule is C#CC(CCC)N1C(=O)C(C(C)(C)C)NC(=O)C1CC. The molecule has 112 valence electrons. The Bertz CT molecular complexity index is 417. The maximum absolute atomic E-state index is 12.8. The Morgan fingerprint density at radius 3 is 2.35 bits per heavy atom. The normalized spacial score (nSPS) is 25.1. The number of carbonyl (C=O) groups is 2. The summed E-state index contributed by atoms with van der Waals surface area (Å²) in [6, 6.07) is -1.26. The number of hydrogen-bond acceptors (Lipinski definition) is 2. The van der Waals surface area contributed by atoms with Crippen LogP contribution in [0.3, 0.4) is 0 Å². The minimum atomic E-state index is -0.509. The predicted octanol–water partition coefficient (Wildman–Crippen LogP) is 1.94. The molecule has 3 atom stereocenters. The number of rotatable bonds is 4. The first-order valence-corrected chi connectivity index (χ1v) is 7.36. The van der Waals surface area contributed by atoms with E-state index in [9.17, 15) is 9.59 Å². The van der Waals surface area contributed by atoms with Crippen molar-refractivity contribution < 1.29 is 9.59 Å². The summed E-state index contributed by atoms with van der Waals surface area (Å²) in [5, 5.41) is 2.86. The molecule has 3 unspecified atom stereocenters. The second-order valence-electron chi connectivity index (χ2n) is 6.45.